The first-order valence-corrected chi connectivity index (χ1v) is 6.84. The van der Waals surface area contributed by atoms with Gasteiger partial charge in [-0.1, -0.05) is 33.8 Å². The number of halogens is 2. The molecule has 0 fully saturated rings. The maximum Gasteiger partial charge on any atom is 0.137 e. The fourth-order valence-electron chi connectivity index (χ4n) is 2.54. The largest absolute Gasteiger partial charge is 0.324 e. The van der Waals surface area contributed by atoms with Crippen LogP contribution in [0.3, 0.4) is 0 Å². The van der Waals surface area contributed by atoms with Crippen molar-refractivity contribution in [3.05, 3.63) is 34.1 Å². The molecule has 0 aliphatic rings. The van der Waals surface area contributed by atoms with Gasteiger partial charge in [-0.25, -0.2) is 4.39 Å². The molecule has 0 aliphatic carbocycles. The average molecular weight is 302 g/mol. The Balaban J connectivity index is 3.01. The Hall–Kier alpha value is -0.410. The summed E-state index contributed by atoms with van der Waals surface area (Å²) in [6.45, 7) is 8.73. The monoisotopic (exact) mass is 301 g/mol. The summed E-state index contributed by atoms with van der Waals surface area (Å²) in [5, 5.41) is 0. The van der Waals surface area contributed by atoms with Crippen LogP contribution in [0.15, 0.2) is 22.7 Å². The van der Waals surface area contributed by atoms with Gasteiger partial charge in [-0.3, -0.25) is 0 Å². The molecule has 96 valence electrons. The van der Waals surface area contributed by atoms with Crippen LogP contribution in [0.1, 0.15) is 39.3 Å². The van der Waals surface area contributed by atoms with Crippen molar-refractivity contribution in [1.29, 1.82) is 0 Å². The molecule has 0 saturated heterocycles. The molecule has 0 saturated carbocycles. The highest BCUT2D eigenvalue weighted by Gasteiger charge is 2.26. The third kappa shape index (κ3) is 3.52. The quantitative estimate of drug-likeness (QED) is 0.869. The second-order valence-electron chi connectivity index (χ2n) is 5.26. The predicted molar refractivity (Wildman–Crippen MR) is 74.2 cm³/mol. The second-order valence-corrected chi connectivity index (χ2v) is 6.12. The van der Waals surface area contributed by atoms with Crippen molar-refractivity contribution in [2.45, 2.75) is 33.7 Å². The topological polar surface area (TPSA) is 26.0 Å². The third-order valence-electron chi connectivity index (χ3n) is 3.28. The molecule has 0 radical (unpaired) electrons. The van der Waals surface area contributed by atoms with E-state index in [-0.39, 0.29) is 11.9 Å². The first-order chi connectivity index (χ1) is 7.84. The zero-order valence-corrected chi connectivity index (χ0v) is 12.5. The fourth-order valence-corrected chi connectivity index (χ4v) is 2.94. The molecule has 0 amide bonds. The molecule has 2 N–H and O–H groups in total. The van der Waals surface area contributed by atoms with Crippen molar-refractivity contribution in [3.8, 4) is 0 Å². The predicted octanol–water partition coefficient (Wildman–Crippen LogP) is 4.52. The van der Waals surface area contributed by atoms with Crippen LogP contribution in [0.2, 0.25) is 0 Å². The van der Waals surface area contributed by atoms with Crippen molar-refractivity contribution in [2.24, 2.45) is 23.5 Å². The average Bonchev–Trinajstić information content (AvgIpc) is 2.20. The van der Waals surface area contributed by atoms with Gasteiger partial charge in [-0.15, -0.1) is 0 Å². The molecular weight excluding hydrogens is 281 g/mol. The van der Waals surface area contributed by atoms with E-state index < -0.39 is 0 Å². The highest BCUT2D eigenvalue weighted by atomic mass is 79.9. The molecule has 17 heavy (non-hydrogen) atoms. The lowest BCUT2D eigenvalue weighted by Gasteiger charge is -2.31. The lowest BCUT2D eigenvalue weighted by atomic mass is 9.78. The van der Waals surface area contributed by atoms with Gasteiger partial charge in [0.1, 0.15) is 5.82 Å². The Morgan fingerprint density at radius 2 is 1.65 bits per heavy atom. The van der Waals surface area contributed by atoms with Crippen LogP contribution in [0.25, 0.3) is 0 Å². The van der Waals surface area contributed by atoms with Gasteiger partial charge in [0.15, 0.2) is 0 Å². The molecule has 1 aromatic rings. The summed E-state index contributed by atoms with van der Waals surface area (Å²) in [5.74, 6) is 1.17. The Kier molecular flexibility index (Phi) is 5.14. The van der Waals surface area contributed by atoms with E-state index in [1.165, 1.54) is 6.07 Å². The van der Waals surface area contributed by atoms with Gasteiger partial charge in [0.05, 0.1) is 4.47 Å². The van der Waals surface area contributed by atoms with E-state index in [4.69, 9.17) is 5.73 Å². The summed E-state index contributed by atoms with van der Waals surface area (Å²) in [6, 6.07) is 4.99. The molecular formula is C14H21BrFN. The second kappa shape index (κ2) is 5.96. The zero-order chi connectivity index (χ0) is 13.2. The van der Waals surface area contributed by atoms with Crippen LogP contribution in [0, 0.1) is 23.6 Å². The first kappa shape index (κ1) is 14.7. The maximum atomic E-state index is 13.2. The van der Waals surface area contributed by atoms with Crippen LogP contribution in [0.5, 0.6) is 0 Å². The third-order valence-corrected chi connectivity index (χ3v) is 3.89. The molecule has 0 heterocycles. The smallest absolute Gasteiger partial charge is 0.137 e. The Morgan fingerprint density at radius 3 is 2.06 bits per heavy atom. The van der Waals surface area contributed by atoms with Crippen molar-refractivity contribution in [2.75, 3.05) is 0 Å². The highest BCUT2D eigenvalue weighted by Crippen LogP contribution is 2.33. The Bertz CT molecular complexity index is 368. The number of nitrogens with two attached hydrogens (primary N) is 1. The number of benzene rings is 1. The normalized spacial score (nSPS) is 13.8. The van der Waals surface area contributed by atoms with Crippen LogP contribution >= 0.6 is 15.9 Å². The summed E-state index contributed by atoms with van der Waals surface area (Å²) < 4.78 is 13.7. The van der Waals surface area contributed by atoms with Crippen LogP contribution in [0.4, 0.5) is 4.39 Å². The van der Waals surface area contributed by atoms with Crippen molar-refractivity contribution < 1.29 is 4.39 Å². The zero-order valence-electron chi connectivity index (χ0n) is 10.9. The van der Waals surface area contributed by atoms with E-state index in [0.717, 1.165) is 5.56 Å². The standard InChI is InChI=1S/C14H21BrFN/c1-8(2)13(9(3)4)14(17)10-5-6-12(16)11(15)7-10/h5-9,13-14H,17H2,1-4H3. The molecule has 1 rings (SSSR count). The van der Waals surface area contributed by atoms with E-state index in [9.17, 15) is 4.39 Å². The van der Waals surface area contributed by atoms with Gasteiger partial charge in [-0.2, -0.15) is 0 Å². The summed E-state index contributed by atoms with van der Waals surface area (Å²) in [7, 11) is 0. The van der Waals surface area contributed by atoms with Gasteiger partial charge in [0, 0.05) is 6.04 Å². The molecule has 3 heteroatoms. The molecule has 1 atom stereocenters. The first-order valence-electron chi connectivity index (χ1n) is 6.05. The molecule has 0 aromatic heterocycles. The van der Waals surface area contributed by atoms with Crippen LogP contribution < -0.4 is 5.73 Å². The lowest BCUT2D eigenvalue weighted by Crippen LogP contribution is -2.29. The SMILES string of the molecule is CC(C)C(C(C)C)C(N)c1ccc(F)c(Br)c1. The summed E-state index contributed by atoms with van der Waals surface area (Å²) in [6.07, 6.45) is 0. The van der Waals surface area contributed by atoms with Crippen molar-refractivity contribution in [1.82, 2.24) is 0 Å². The van der Waals surface area contributed by atoms with Crippen molar-refractivity contribution in [3.63, 3.8) is 0 Å². The van der Waals surface area contributed by atoms with Gasteiger partial charge in [0.25, 0.3) is 0 Å². The van der Waals surface area contributed by atoms with Gasteiger partial charge in [0.2, 0.25) is 0 Å². The number of hydrogen-bond donors (Lipinski definition) is 1. The van der Waals surface area contributed by atoms with E-state index in [1.807, 2.05) is 0 Å². The van der Waals surface area contributed by atoms with E-state index in [0.29, 0.717) is 22.2 Å². The Labute approximate surface area is 112 Å². The number of rotatable bonds is 4. The number of hydrogen-bond acceptors (Lipinski definition) is 1. The molecule has 1 aromatic carbocycles. The van der Waals surface area contributed by atoms with Gasteiger partial charge in [-0.05, 0) is 51.4 Å². The summed E-state index contributed by atoms with van der Waals surface area (Å²) in [4.78, 5) is 0. The Morgan fingerprint density at radius 1 is 1.12 bits per heavy atom. The van der Waals surface area contributed by atoms with E-state index >= 15 is 0 Å². The summed E-state index contributed by atoms with van der Waals surface area (Å²) in [5.41, 5.74) is 7.31. The van der Waals surface area contributed by atoms with Gasteiger partial charge >= 0.3 is 0 Å². The minimum atomic E-state index is -0.244. The van der Waals surface area contributed by atoms with Gasteiger partial charge < -0.3 is 5.73 Å². The van der Waals surface area contributed by atoms with Crippen molar-refractivity contribution >= 4 is 15.9 Å². The molecule has 0 aliphatic heterocycles. The molecule has 0 bridgehead atoms. The minimum absolute atomic E-state index is 0.0492. The van der Waals surface area contributed by atoms with E-state index in [2.05, 4.69) is 43.6 Å². The maximum absolute atomic E-state index is 13.2. The molecule has 1 unspecified atom stereocenters. The lowest BCUT2D eigenvalue weighted by molar-refractivity contribution is 0.240. The van der Waals surface area contributed by atoms with Crippen LogP contribution in [-0.2, 0) is 0 Å². The highest BCUT2D eigenvalue weighted by molar-refractivity contribution is 9.10. The molecule has 1 nitrogen and oxygen atoms in total. The molecule has 0 spiro atoms. The van der Waals surface area contributed by atoms with E-state index in [1.54, 1.807) is 12.1 Å². The fraction of sp³-hybridized carbons (Fsp3) is 0.571. The minimum Gasteiger partial charge on any atom is -0.324 e. The van der Waals surface area contributed by atoms with Crippen LogP contribution in [-0.4, -0.2) is 0 Å². The summed E-state index contributed by atoms with van der Waals surface area (Å²) >= 11 is 3.21.